The summed E-state index contributed by atoms with van der Waals surface area (Å²) in [4.78, 5) is 12.2. The van der Waals surface area contributed by atoms with Crippen LogP contribution in [0, 0.1) is 5.82 Å². The molecular weight excluding hydrogens is 309 g/mol. The van der Waals surface area contributed by atoms with E-state index in [0.717, 1.165) is 11.4 Å². The molecule has 0 heterocycles. The first-order valence-corrected chi connectivity index (χ1v) is 7.62. The first-order chi connectivity index (χ1) is 11.6. The summed E-state index contributed by atoms with van der Waals surface area (Å²) in [5.41, 5.74) is 3.54. The Bertz CT molecular complexity index is 702. The molecule has 0 bridgehead atoms. The van der Waals surface area contributed by atoms with Crippen LogP contribution in [0.1, 0.15) is 18.9 Å². The lowest BCUT2D eigenvalue weighted by atomic mass is 10.2. The molecule has 24 heavy (non-hydrogen) atoms. The van der Waals surface area contributed by atoms with E-state index >= 15 is 0 Å². The highest BCUT2D eigenvalue weighted by Crippen LogP contribution is 2.16. The van der Waals surface area contributed by atoms with Gasteiger partial charge in [0.2, 0.25) is 0 Å². The maximum atomic E-state index is 13.5. The lowest BCUT2D eigenvalue weighted by Crippen LogP contribution is -2.36. The Labute approximate surface area is 140 Å². The topological polar surface area (TPSA) is 62.7 Å². The molecule has 6 heteroatoms. The fourth-order valence-corrected chi connectivity index (χ4v) is 2.06. The van der Waals surface area contributed by atoms with E-state index < -0.39 is 6.04 Å². The fraction of sp³-hybridized carbons (Fsp3) is 0.222. The quantitative estimate of drug-likeness (QED) is 0.606. The Balaban J connectivity index is 1.94. The molecule has 2 aromatic carbocycles. The van der Waals surface area contributed by atoms with E-state index in [4.69, 9.17) is 4.74 Å². The molecular formula is C18H20FN3O2. The first kappa shape index (κ1) is 17.5. The lowest BCUT2D eigenvalue weighted by molar-refractivity contribution is -0.121. The van der Waals surface area contributed by atoms with Crippen molar-refractivity contribution in [1.29, 1.82) is 0 Å². The summed E-state index contributed by atoms with van der Waals surface area (Å²) >= 11 is 0. The molecule has 0 saturated carbocycles. The Morgan fingerprint density at radius 3 is 2.58 bits per heavy atom. The standard InChI is InChI=1S/C18H20FN3O2/c1-3-17(21-14-8-10-15(24-2)11-9-14)18(23)22-20-12-13-6-4-5-7-16(13)19/h4-12,17,21H,3H2,1-2H3,(H,22,23)/t17-/m0/s1. The number of benzene rings is 2. The van der Waals surface area contributed by atoms with Crippen LogP contribution in [0.15, 0.2) is 53.6 Å². The van der Waals surface area contributed by atoms with Gasteiger partial charge in [0.15, 0.2) is 0 Å². The number of rotatable bonds is 7. The summed E-state index contributed by atoms with van der Waals surface area (Å²) in [6, 6.07) is 13.0. The van der Waals surface area contributed by atoms with Crippen LogP contribution in [0.25, 0.3) is 0 Å². The molecule has 0 fully saturated rings. The van der Waals surface area contributed by atoms with Crippen LogP contribution in [0.5, 0.6) is 5.75 Å². The second kappa shape index (κ2) is 8.67. The highest BCUT2D eigenvalue weighted by atomic mass is 19.1. The van der Waals surface area contributed by atoms with Gasteiger partial charge in [-0.2, -0.15) is 5.10 Å². The number of carbonyl (C=O) groups excluding carboxylic acids is 1. The zero-order chi connectivity index (χ0) is 17.4. The van der Waals surface area contributed by atoms with Crippen LogP contribution >= 0.6 is 0 Å². The molecule has 0 aliphatic heterocycles. The van der Waals surface area contributed by atoms with Crippen molar-refractivity contribution in [1.82, 2.24) is 5.43 Å². The second-order valence-corrected chi connectivity index (χ2v) is 5.09. The molecule has 2 N–H and O–H groups in total. The minimum atomic E-state index is -0.448. The molecule has 1 atom stereocenters. The number of anilines is 1. The number of amides is 1. The molecule has 0 aliphatic rings. The van der Waals surface area contributed by atoms with Crippen LogP contribution < -0.4 is 15.5 Å². The van der Waals surface area contributed by atoms with Gasteiger partial charge in [0, 0.05) is 11.3 Å². The Kier molecular flexibility index (Phi) is 6.31. The van der Waals surface area contributed by atoms with E-state index in [9.17, 15) is 9.18 Å². The summed E-state index contributed by atoms with van der Waals surface area (Å²) < 4.78 is 18.6. The smallest absolute Gasteiger partial charge is 0.262 e. The van der Waals surface area contributed by atoms with E-state index in [0.29, 0.717) is 12.0 Å². The molecule has 0 aliphatic carbocycles. The highest BCUT2D eigenvalue weighted by Gasteiger charge is 2.15. The third-order valence-electron chi connectivity index (χ3n) is 3.44. The summed E-state index contributed by atoms with van der Waals surface area (Å²) in [5.74, 6) is 0.0624. The fourth-order valence-electron chi connectivity index (χ4n) is 2.06. The van der Waals surface area contributed by atoms with E-state index in [2.05, 4.69) is 15.8 Å². The van der Waals surface area contributed by atoms with Crippen molar-refractivity contribution in [2.75, 3.05) is 12.4 Å². The predicted octanol–water partition coefficient (Wildman–Crippen LogP) is 3.18. The monoisotopic (exact) mass is 329 g/mol. The van der Waals surface area contributed by atoms with Crippen LogP contribution in [-0.2, 0) is 4.79 Å². The number of halogens is 1. The van der Waals surface area contributed by atoms with Crippen LogP contribution in [0.3, 0.4) is 0 Å². The number of ether oxygens (including phenoxy) is 1. The zero-order valence-corrected chi connectivity index (χ0v) is 13.6. The van der Waals surface area contributed by atoms with Gasteiger partial charge in [0.1, 0.15) is 17.6 Å². The van der Waals surface area contributed by atoms with Gasteiger partial charge in [0.25, 0.3) is 5.91 Å². The van der Waals surface area contributed by atoms with Crippen LogP contribution in [-0.4, -0.2) is 25.3 Å². The SMILES string of the molecule is CC[C@H](Nc1ccc(OC)cc1)C(=O)NN=Cc1ccccc1F. The van der Waals surface area contributed by atoms with Gasteiger partial charge in [-0.05, 0) is 36.8 Å². The van der Waals surface area contributed by atoms with Gasteiger partial charge in [-0.3, -0.25) is 4.79 Å². The van der Waals surface area contributed by atoms with Gasteiger partial charge in [-0.25, -0.2) is 9.82 Å². The number of hydrazone groups is 1. The molecule has 0 unspecified atom stereocenters. The second-order valence-electron chi connectivity index (χ2n) is 5.09. The van der Waals surface area contributed by atoms with E-state index in [1.807, 2.05) is 31.2 Å². The molecule has 1 amide bonds. The molecule has 2 aromatic rings. The average Bonchev–Trinajstić information content (AvgIpc) is 2.61. The molecule has 0 radical (unpaired) electrons. The number of carbonyl (C=O) groups is 1. The number of hydrogen-bond acceptors (Lipinski definition) is 4. The third-order valence-corrected chi connectivity index (χ3v) is 3.44. The largest absolute Gasteiger partial charge is 0.497 e. The van der Waals surface area contributed by atoms with Crippen molar-refractivity contribution in [3.8, 4) is 5.75 Å². The van der Waals surface area contributed by atoms with Crippen molar-refractivity contribution < 1.29 is 13.9 Å². The average molecular weight is 329 g/mol. The van der Waals surface area contributed by atoms with Gasteiger partial charge >= 0.3 is 0 Å². The summed E-state index contributed by atoms with van der Waals surface area (Å²) in [6.07, 6.45) is 1.86. The molecule has 0 aromatic heterocycles. The minimum Gasteiger partial charge on any atom is -0.497 e. The molecule has 0 spiro atoms. The van der Waals surface area contributed by atoms with Crippen molar-refractivity contribution in [2.24, 2.45) is 5.10 Å². The third kappa shape index (κ3) is 4.81. The number of hydrogen-bond donors (Lipinski definition) is 2. The van der Waals surface area contributed by atoms with Crippen molar-refractivity contribution in [2.45, 2.75) is 19.4 Å². The van der Waals surface area contributed by atoms with Gasteiger partial charge in [-0.15, -0.1) is 0 Å². The van der Waals surface area contributed by atoms with E-state index in [-0.39, 0.29) is 11.7 Å². The Morgan fingerprint density at radius 2 is 1.96 bits per heavy atom. The van der Waals surface area contributed by atoms with E-state index in [1.165, 1.54) is 12.3 Å². The minimum absolute atomic E-state index is 0.291. The number of nitrogens with one attached hydrogen (secondary N) is 2. The molecule has 0 saturated heterocycles. The number of nitrogens with zero attached hydrogens (tertiary/aromatic N) is 1. The number of methoxy groups -OCH3 is 1. The van der Waals surface area contributed by atoms with Gasteiger partial charge < -0.3 is 10.1 Å². The summed E-state index contributed by atoms with van der Waals surface area (Å²) in [6.45, 7) is 1.89. The predicted molar refractivity (Wildman–Crippen MR) is 92.8 cm³/mol. The van der Waals surface area contributed by atoms with Crippen LogP contribution in [0.2, 0.25) is 0 Å². The maximum absolute atomic E-state index is 13.5. The Morgan fingerprint density at radius 1 is 1.25 bits per heavy atom. The van der Waals surface area contributed by atoms with Crippen LogP contribution in [0.4, 0.5) is 10.1 Å². The molecule has 5 nitrogen and oxygen atoms in total. The van der Waals surface area contributed by atoms with Crippen molar-refractivity contribution >= 4 is 17.8 Å². The molecule has 2 rings (SSSR count). The van der Waals surface area contributed by atoms with Gasteiger partial charge in [-0.1, -0.05) is 25.1 Å². The Hall–Kier alpha value is -2.89. The van der Waals surface area contributed by atoms with Gasteiger partial charge in [0.05, 0.1) is 13.3 Å². The normalized spacial score (nSPS) is 12.0. The highest BCUT2D eigenvalue weighted by molar-refractivity contribution is 5.86. The maximum Gasteiger partial charge on any atom is 0.262 e. The summed E-state index contributed by atoms with van der Waals surface area (Å²) in [5, 5.41) is 6.94. The van der Waals surface area contributed by atoms with Crippen molar-refractivity contribution in [3.63, 3.8) is 0 Å². The summed E-state index contributed by atoms with van der Waals surface area (Å²) in [7, 11) is 1.60. The van der Waals surface area contributed by atoms with Crippen molar-refractivity contribution in [3.05, 3.63) is 59.9 Å². The molecule has 126 valence electrons. The van der Waals surface area contributed by atoms with E-state index in [1.54, 1.807) is 25.3 Å². The first-order valence-electron chi connectivity index (χ1n) is 7.62. The lowest BCUT2D eigenvalue weighted by Gasteiger charge is -2.16. The zero-order valence-electron chi connectivity index (χ0n) is 13.6.